The molecule has 1 aromatic rings. The summed E-state index contributed by atoms with van der Waals surface area (Å²) in [6.07, 6.45) is -0.139. The highest BCUT2D eigenvalue weighted by Gasteiger charge is 2.30. The first kappa shape index (κ1) is 19.7. The van der Waals surface area contributed by atoms with Crippen LogP contribution >= 0.6 is 0 Å². The predicted octanol–water partition coefficient (Wildman–Crippen LogP) is 3.42. The number of carbonyl (C=O) groups excluding carboxylic acids is 2. The number of aryl methyl sites for hydroxylation is 1. The molecule has 6 heteroatoms. The molecule has 0 aliphatic rings. The molecule has 0 atom stereocenters. The van der Waals surface area contributed by atoms with E-state index < -0.39 is 16.8 Å². The molecule has 0 unspecified atom stereocenters. The van der Waals surface area contributed by atoms with E-state index in [0.717, 1.165) is 5.56 Å². The van der Waals surface area contributed by atoms with Gasteiger partial charge in [-0.25, -0.2) is 0 Å². The number of carbonyl (C=O) groups is 3. The molecule has 3 N–H and O–H groups in total. The molecule has 0 aliphatic carbocycles. The third-order valence-electron chi connectivity index (χ3n) is 3.63. The molecule has 1 aromatic carbocycles. The van der Waals surface area contributed by atoms with Gasteiger partial charge in [0.25, 0.3) is 0 Å². The summed E-state index contributed by atoms with van der Waals surface area (Å²) < 4.78 is 0. The van der Waals surface area contributed by atoms with E-state index in [4.69, 9.17) is 5.11 Å². The van der Waals surface area contributed by atoms with E-state index in [0.29, 0.717) is 11.4 Å². The molecule has 0 bridgehead atoms. The van der Waals surface area contributed by atoms with Crippen molar-refractivity contribution in [3.05, 3.63) is 23.8 Å². The largest absolute Gasteiger partial charge is 0.481 e. The smallest absolute Gasteiger partial charge is 0.309 e. The summed E-state index contributed by atoms with van der Waals surface area (Å²) in [4.78, 5) is 35.3. The Morgan fingerprint density at radius 1 is 1.04 bits per heavy atom. The first-order chi connectivity index (χ1) is 10.8. The Labute approximate surface area is 142 Å². The van der Waals surface area contributed by atoms with Gasteiger partial charge in [-0.05, 0) is 38.5 Å². The Balaban J connectivity index is 2.88. The highest BCUT2D eigenvalue weighted by atomic mass is 16.4. The van der Waals surface area contributed by atoms with Crippen molar-refractivity contribution in [2.75, 3.05) is 10.6 Å². The van der Waals surface area contributed by atoms with Gasteiger partial charge < -0.3 is 15.7 Å². The van der Waals surface area contributed by atoms with E-state index >= 15 is 0 Å². The van der Waals surface area contributed by atoms with Crippen molar-refractivity contribution in [1.82, 2.24) is 0 Å². The van der Waals surface area contributed by atoms with E-state index in [1.54, 1.807) is 18.2 Å². The lowest BCUT2D eigenvalue weighted by Gasteiger charge is -2.20. The fourth-order valence-corrected chi connectivity index (χ4v) is 1.83. The lowest BCUT2D eigenvalue weighted by atomic mass is 9.89. The number of anilines is 2. The molecule has 0 radical (unpaired) electrons. The highest BCUT2D eigenvalue weighted by molar-refractivity contribution is 5.97. The van der Waals surface area contributed by atoms with Crippen molar-refractivity contribution < 1.29 is 19.5 Å². The zero-order valence-electron chi connectivity index (χ0n) is 15.1. The van der Waals surface area contributed by atoms with Crippen LogP contribution in [-0.2, 0) is 14.4 Å². The van der Waals surface area contributed by atoms with E-state index in [2.05, 4.69) is 10.6 Å². The summed E-state index contributed by atoms with van der Waals surface area (Å²) in [6, 6.07) is 5.18. The van der Waals surface area contributed by atoms with Gasteiger partial charge in [-0.3, -0.25) is 14.4 Å². The Hall–Kier alpha value is -2.37. The van der Waals surface area contributed by atoms with Gasteiger partial charge in [0.15, 0.2) is 0 Å². The van der Waals surface area contributed by atoms with Crippen LogP contribution in [0.25, 0.3) is 0 Å². The molecule has 0 heterocycles. The summed E-state index contributed by atoms with van der Waals surface area (Å²) in [5, 5.41) is 14.6. The number of nitrogens with one attached hydrogen (secondary N) is 2. The standard InChI is InChI=1S/C18H26N2O4/c1-11-7-8-12(9-13(11)20-15(22)17(2,3)4)19-14(21)10-18(5,6)16(23)24/h7-9H,10H2,1-6H3,(H,19,21)(H,20,22)(H,23,24). The number of amides is 2. The van der Waals surface area contributed by atoms with Gasteiger partial charge in [0.2, 0.25) is 11.8 Å². The van der Waals surface area contributed by atoms with Crippen LogP contribution in [0.4, 0.5) is 11.4 Å². The minimum Gasteiger partial charge on any atom is -0.481 e. The topological polar surface area (TPSA) is 95.5 Å². The summed E-state index contributed by atoms with van der Waals surface area (Å²) in [5.74, 6) is -1.54. The lowest BCUT2D eigenvalue weighted by molar-refractivity contribution is -0.149. The molecule has 0 fully saturated rings. The maximum atomic E-state index is 12.1. The Morgan fingerprint density at radius 3 is 2.12 bits per heavy atom. The summed E-state index contributed by atoms with van der Waals surface area (Å²) in [5.41, 5.74) is 0.326. The van der Waals surface area contributed by atoms with Gasteiger partial charge >= 0.3 is 5.97 Å². The zero-order valence-corrected chi connectivity index (χ0v) is 15.1. The Bertz CT molecular complexity index is 657. The van der Waals surface area contributed by atoms with Crippen LogP contribution in [-0.4, -0.2) is 22.9 Å². The monoisotopic (exact) mass is 334 g/mol. The second-order valence-electron chi connectivity index (χ2n) is 7.65. The van der Waals surface area contributed by atoms with Crippen molar-refractivity contribution in [3.63, 3.8) is 0 Å². The number of carboxylic acid groups (broad SMARTS) is 1. The van der Waals surface area contributed by atoms with Crippen molar-refractivity contribution >= 4 is 29.2 Å². The second-order valence-corrected chi connectivity index (χ2v) is 7.65. The van der Waals surface area contributed by atoms with Crippen LogP contribution in [0.5, 0.6) is 0 Å². The van der Waals surface area contributed by atoms with E-state index in [1.165, 1.54) is 13.8 Å². The van der Waals surface area contributed by atoms with Gasteiger partial charge in [0.1, 0.15) is 0 Å². The number of carboxylic acids is 1. The van der Waals surface area contributed by atoms with Crippen LogP contribution in [0, 0.1) is 17.8 Å². The summed E-state index contributed by atoms with van der Waals surface area (Å²) in [7, 11) is 0. The van der Waals surface area contributed by atoms with Crippen LogP contribution in [0.15, 0.2) is 18.2 Å². The van der Waals surface area contributed by atoms with E-state index in [1.807, 2.05) is 27.7 Å². The maximum Gasteiger partial charge on any atom is 0.309 e. The number of hydrogen-bond donors (Lipinski definition) is 3. The molecule has 6 nitrogen and oxygen atoms in total. The molecular formula is C18H26N2O4. The average Bonchev–Trinajstić information content (AvgIpc) is 2.40. The first-order valence-electron chi connectivity index (χ1n) is 7.78. The summed E-state index contributed by atoms with van der Waals surface area (Å²) >= 11 is 0. The zero-order chi connectivity index (χ0) is 18.7. The minimum absolute atomic E-state index is 0.124. The van der Waals surface area contributed by atoms with Gasteiger partial charge in [-0.1, -0.05) is 26.8 Å². The Morgan fingerprint density at radius 2 is 1.62 bits per heavy atom. The third kappa shape index (κ3) is 5.37. The van der Waals surface area contributed by atoms with Crippen LogP contribution < -0.4 is 10.6 Å². The predicted molar refractivity (Wildman–Crippen MR) is 93.9 cm³/mol. The van der Waals surface area contributed by atoms with Crippen LogP contribution in [0.1, 0.15) is 46.6 Å². The molecule has 0 spiro atoms. The van der Waals surface area contributed by atoms with Crippen LogP contribution in [0.3, 0.4) is 0 Å². The number of aliphatic carboxylic acids is 1. The average molecular weight is 334 g/mol. The molecule has 1 rings (SSSR count). The normalized spacial score (nSPS) is 11.8. The fraction of sp³-hybridized carbons (Fsp3) is 0.500. The SMILES string of the molecule is Cc1ccc(NC(=O)CC(C)(C)C(=O)O)cc1NC(=O)C(C)(C)C. The van der Waals surface area contributed by atoms with Crippen molar-refractivity contribution in [3.8, 4) is 0 Å². The number of rotatable bonds is 5. The van der Waals surface area contributed by atoms with Crippen molar-refractivity contribution in [2.45, 2.75) is 48.0 Å². The maximum absolute atomic E-state index is 12.1. The second kappa shape index (κ2) is 7.03. The van der Waals surface area contributed by atoms with Gasteiger partial charge in [-0.2, -0.15) is 0 Å². The molecule has 0 saturated carbocycles. The minimum atomic E-state index is -1.14. The lowest BCUT2D eigenvalue weighted by Crippen LogP contribution is -2.29. The molecule has 0 aliphatic heterocycles. The fourth-order valence-electron chi connectivity index (χ4n) is 1.83. The quantitative estimate of drug-likeness (QED) is 0.769. The van der Waals surface area contributed by atoms with Crippen molar-refractivity contribution in [1.29, 1.82) is 0 Å². The van der Waals surface area contributed by atoms with Crippen molar-refractivity contribution in [2.24, 2.45) is 10.8 Å². The van der Waals surface area contributed by atoms with Crippen LogP contribution in [0.2, 0.25) is 0 Å². The molecule has 132 valence electrons. The van der Waals surface area contributed by atoms with Gasteiger partial charge in [0.05, 0.1) is 5.41 Å². The third-order valence-corrected chi connectivity index (χ3v) is 3.63. The Kier molecular flexibility index (Phi) is 5.76. The molecular weight excluding hydrogens is 308 g/mol. The van der Waals surface area contributed by atoms with Gasteiger partial charge in [-0.15, -0.1) is 0 Å². The molecule has 0 aromatic heterocycles. The first-order valence-corrected chi connectivity index (χ1v) is 7.78. The van der Waals surface area contributed by atoms with Gasteiger partial charge in [0, 0.05) is 23.2 Å². The molecule has 2 amide bonds. The number of hydrogen-bond acceptors (Lipinski definition) is 3. The summed E-state index contributed by atoms with van der Waals surface area (Å²) in [6.45, 7) is 10.3. The molecule has 24 heavy (non-hydrogen) atoms. The van der Waals surface area contributed by atoms with E-state index in [-0.39, 0.29) is 18.2 Å². The number of benzene rings is 1. The highest BCUT2D eigenvalue weighted by Crippen LogP contribution is 2.25. The van der Waals surface area contributed by atoms with E-state index in [9.17, 15) is 14.4 Å². The molecule has 0 saturated heterocycles.